The summed E-state index contributed by atoms with van der Waals surface area (Å²) in [6.07, 6.45) is 3.37. The number of phenols is 1. The normalized spacial score (nSPS) is 19.3. The zero-order valence-electron chi connectivity index (χ0n) is 11.8. The van der Waals surface area contributed by atoms with Crippen molar-refractivity contribution >= 4 is 40.4 Å². The van der Waals surface area contributed by atoms with E-state index >= 15 is 0 Å². The molecule has 1 aromatic carbocycles. The predicted molar refractivity (Wildman–Crippen MR) is 85.1 cm³/mol. The zero-order chi connectivity index (χ0) is 15.5. The number of nitrogens with zero attached hydrogens (tertiary/aromatic N) is 1. The predicted octanol–water partition coefficient (Wildman–Crippen LogP) is 4.52. The summed E-state index contributed by atoms with van der Waals surface area (Å²) in [5, 5.41) is 10.3. The molecule has 0 unspecified atom stereocenters. The molecule has 2 aliphatic rings. The molecule has 108 valence electrons. The second-order valence-electron chi connectivity index (χ2n) is 5.79. The molecule has 0 aromatic heterocycles. The molecule has 5 heteroatoms. The fourth-order valence-corrected chi connectivity index (χ4v) is 3.49. The van der Waals surface area contributed by atoms with E-state index in [2.05, 4.69) is 4.99 Å². The van der Waals surface area contributed by atoms with Crippen molar-refractivity contribution in [3.8, 4) is 5.75 Å². The van der Waals surface area contributed by atoms with E-state index in [0.29, 0.717) is 16.8 Å². The molecule has 0 atom stereocenters. The summed E-state index contributed by atoms with van der Waals surface area (Å²) in [6.45, 7) is 5.66. The lowest BCUT2D eigenvalue weighted by Gasteiger charge is -2.36. The molecule has 1 aromatic rings. The highest BCUT2D eigenvalue weighted by Crippen LogP contribution is 2.51. The third kappa shape index (κ3) is 1.95. The number of hydrogen-bond donors (Lipinski definition) is 1. The van der Waals surface area contributed by atoms with Crippen LogP contribution >= 0.6 is 23.2 Å². The summed E-state index contributed by atoms with van der Waals surface area (Å²) < 4.78 is 0. The molecule has 0 spiro atoms. The van der Waals surface area contributed by atoms with E-state index < -0.39 is 5.41 Å². The van der Waals surface area contributed by atoms with Crippen LogP contribution in [-0.2, 0) is 10.2 Å². The summed E-state index contributed by atoms with van der Waals surface area (Å²) in [5.74, 6) is -0.187. The monoisotopic (exact) mass is 321 g/mol. The first kappa shape index (κ1) is 14.4. The average Bonchev–Trinajstić information content (AvgIpc) is 2.38. The van der Waals surface area contributed by atoms with Crippen LogP contribution in [0.1, 0.15) is 26.3 Å². The van der Waals surface area contributed by atoms with Crippen molar-refractivity contribution in [1.82, 2.24) is 0 Å². The molecular formula is C16H13Cl2NO2. The van der Waals surface area contributed by atoms with Gasteiger partial charge in [0, 0.05) is 11.0 Å². The molecule has 0 amide bonds. The van der Waals surface area contributed by atoms with Crippen LogP contribution in [0, 0.1) is 0 Å². The lowest BCUT2D eigenvalue weighted by Crippen LogP contribution is -2.31. The van der Waals surface area contributed by atoms with Crippen molar-refractivity contribution in [2.75, 3.05) is 0 Å². The second kappa shape index (κ2) is 4.46. The Morgan fingerprint density at radius 2 is 1.90 bits per heavy atom. The number of fused-ring (bicyclic) bond motifs is 2. The first-order valence-electron chi connectivity index (χ1n) is 6.48. The van der Waals surface area contributed by atoms with Gasteiger partial charge in [0.05, 0.1) is 21.4 Å². The third-order valence-electron chi connectivity index (χ3n) is 4.01. The highest BCUT2D eigenvalue weighted by molar-refractivity contribution is 6.38. The average molecular weight is 322 g/mol. The van der Waals surface area contributed by atoms with Gasteiger partial charge in [0.2, 0.25) is 0 Å². The Bertz CT molecular complexity index is 786. The molecule has 0 bridgehead atoms. The highest BCUT2D eigenvalue weighted by atomic mass is 35.5. The van der Waals surface area contributed by atoms with E-state index in [0.717, 1.165) is 11.3 Å². The maximum absolute atomic E-state index is 12.0. The first-order valence-corrected chi connectivity index (χ1v) is 7.24. The minimum atomic E-state index is -0.543. The van der Waals surface area contributed by atoms with E-state index in [4.69, 9.17) is 23.2 Å². The van der Waals surface area contributed by atoms with Gasteiger partial charge >= 0.3 is 0 Å². The molecule has 0 saturated carbocycles. The number of aromatic hydroxyl groups is 1. The molecule has 1 aliphatic heterocycles. The summed E-state index contributed by atoms with van der Waals surface area (Å²) >= 11 is 12.2. The molecule has 1 N–H and O–H groups in total. The zero-order valence-corrected chi connectivity index (χ0v) is 13.3. The van der Waals surface area contributed by atoms with Crippen LogP contribution < -0.4 is 0 Å². The number of phenolic OH excluding ortho intramolecular Hbond substituents is 1. The number of rotatable bonds is 0. The molecule has 0 fully saturated rings. The van der Waals surface area contributed by atoms with Crippen molar-refractivity contribution in [3.63, 3.8) is 0 Å². The van der Waals surface area contributed by atoms with Crippen LogP contribution in [0.3, 0.4) is 0 Å². The molecule has 0 radical (unpaired) electrons. The van der Waals surface area contributed by atoms with Crippen LogP contribution in [-0.4, -0.2) is 16.6 Å². The Labute approximate surface area is 132 Å². The minimum absolute atomic E-state index is 0.0326. The molecule has 1 aliphatic carbocycles. The minimum Gasteiger partial charge on any atom is -0.505 e. The maximum atomic E-state index is 12.0. The summed E-state index contributed by atoms with van der Waals surface area (Å²) in [6, 6.07) is 1.60. The Balaban J connectivity index is 2.38. The van der Waals surface area contributed by atoms with Crippen LogP contribution in [0.15, 0.2) is 34.4 Å². The summed E-state index contributed by atoms with van der Waals surface area (Å²) in [7, 11) is 0. The van der Waals surface area contributed by atoms with Gasteiger partial charge < -0.3 is 5.11 Å². The van der Waals surface area contributed by atoms with Crippen LogP contribution in [0.25, 0.3) is 0 Å². The van der Waals surface area contributed by atoms with Crippen LogP contribution in [0.2, 0.25) is 10.0 Å². The Hall–Kier alpha value is -1.58. The molecule has 1 heterocycles. The van der Waals surface area contributed by atoms with Gasteiger partial charge in [-0.1, -0.05) is 37.0 Å². The van der Waals surface area contributed by atoms with Gasteiger partial charge in [0.15, 0.2) is 11.5 Å². The van der Waals surface area contributed by atoms with Crippen molar-refractivity contribution in [2.45, 2.75) is 26.2 Å². The van der Waals surface area contributed by atoms with E-state index in [1.54, 1.807) is 25.1 Å². The lowest BCUT2D eigenvalue weighted by molar-refractivity contribution is -0.111. The second-order valence-corrected chi connectivity index (χ2v) is 6.57. The Morgan fingerprint density at radius 3 is 2.57 bits per heavy atom. The van der Waals surface area contributed by atoms with Gasteiger partial charge in [-0.05, 0) is 36.3 Å². The molecule has 3 nitrogen and oxygen atoms in total. The SMILES string of the molecule is CC1=CC2=Nc3cc(Cl)c(O)c(Cl)c3C(C)(C)C2=CC1=O. The summed E-state index contributed by atoms with van der Waals surface area (Å²) in [5.41, 5.74) is 2.95. The van der Waals surface area contributed by atoms with Crippen molar-refractivity contribution in [3.05, 3.63) is 45.0 Å². The van der Waals surface area contributed by atoms with Gasteiger partial charge in [0.1, 0.15) is 0 Å². The van der Waals surface area contributed by atoms with Gasteiger partial charge in [-0.15, -0.1) is 0 Å². The van der Waals surface area contributed by atoms with Gasteiger partial charge in [0.25, 0.3) is 0 Å². The van der Waals surface area contributed by atoms with Crippen molar-refractivity contribution < 1.29 is 9.90 Å². The highest BCUT2D eigenvalue weighted by Gasteiger charge is 2.39. The van der Waals surface area contributed by atoms with Crippen molar-refractivity contribution in [1.29, 1.82) is 0 Å². The topological polar surface area (TPSA) is 49.7 Å². The Kier molecular flexibility index (Phi) is 3.05. The standard InChI is InChI=1S/C16H13Cl2NO2/c1-7-4-10-8(5-12(7)20)16(2,3)13-11(19-10)6-9(17)15(21)14(13)18/h4-6,21H,1-3H3. The molecule has 0 saturated heterocycles. The van der Waals surface area contributed by atoms with Crippen molar-refractivity contribution in [2.24, 2.45) is 4.99 Å². The number of ketones is 1. The molecular weight excluding hydrogens is 309 g/mol. The van der Waals surface area contributed by atoms with E-state index in [-0.39, 0.29) is 21.6 Å². The largest absolute Gasteiger partial charge is 0.505 e. The number of hydrogen-bond acceptors (Lipinski definition) is 3. The van der Waals surface area contributed by atoms with Crippen LogP contribution in [0.5, 0.6) is 5.75 Å². The molecule has 3 rings (SSSR count). The van der Waals surface area contributed by atoms with Gasteiger partial charge in [-0.3, -0.25) is 4.79 Å². The Morgan fingerprint density at radius 1 is 1.24 bits per heavy atom. The number of allylic oxidation sites excluding steroid dienone is 4. The quantitative estimate of drug-likeness (QED) is 0.714. The number of benzene rings is 1. The van der Waals surface area contributed by atoms with Gasteiger partial charge in [-0.25, -0.2) is 4.99 Å². The van der Waals surface area contributed by atoms with E-state index in [9.17, 15) is 9.90 Å². The third-order valence-corrected chi connectivity index (χ3v) is 4.66. The number of carbonyl (C=O) groups is 1. The fourth-order valence-electron chi connectivity index (χ4n) is 2.81. The number of halogens is 2. The number of carbonyl (C=O) groups excluding carboxylic acids is 1. The van der Waals surface area contributed by atoms with E-state index in [1.807, 2.05) is 13.8 Å². The van der Waals surface area contributed by atoms with E-state index in [1.165, 1.54) is 0 Å². The summed E-state index contributed by atoms with van der Waals surface area (Å²) in [4.78, 5) is 16.5. The molecule has 21 heavy (non-hydrogen) atoms. The fraction of sp³-hybridized carbons (Fsp3) is 0.250. The number of aliphatic imine (C=N–C) groups is 1. The first-order chi connectivity index (χ1) is 9.73. The maximum Gasteiger partial charge on any atom is 0.181 e. The lowest BCUT2D eigenvalue weighted by atomic mass is 9.71. The van der Waals surface area contributed by atoms with Gasteiger partial charge in [-0.2, -0.15) is 0 Å². The smallest absolute Gasteiger partial charge is 0.181 e. The van der Waals surface area contributed by atoms with Crippen LogP contribution in [0.4, 0.5) is 5.69 Å².